The molecule has 4 nitrogen and oxygen atoms in total. The standard InChI is InChI=1S/C14H17ClF2N2O2/c1-8-3-2-4-19(12(8)7-20)14(21)18-13-10(15)5-9(16)6-11(13)17/h5-6,8,12,20H,2-4,7H2,1H3,(H,18,21). The summed E-state index contributed by atoms with van der Waals surface area (Å²) in [6, 6.07) is 0.723. The van der Waals surface area contributed by atoms with Gasteiger partial charge in [-0.2, -0.15) is 0 Å². The van der Waals surface area contributed by atoms with E-state index in [-0.39, 0.29) is 29.3 Å². The van der Waals surface area contributed by atoms with E-state index in [1.807, 2.05) is 6.92 Å². The molecule has 21 heavy (non-hydrogen) atoms. The summed E-state index contributed by atoms with van der Waals surface area (Å²) in [6.07, 6.45) is 1.73. The predicted molar refractivity (Wildman–Crippen MR) is 76.4 cm³/mol. The summed E-state index contributed by atoms with van der Waals surface area (Å²) < 4.78 is 26.7. The third kappa shape index (κ3) is 3.44. The Morgan fingerprint density at radius 2 is 2.24 bits per heavy atom. The highest BCUT2D eigenvalue weighted by molar-refractivity contribution is 6.33. The summed E-state index contributed by atoms with van der Waals surface area (Å²) in [7, 11) is 0. The maximum Gasteiger partial charge on any atom is 0.322 e. The summed E-state index contributed by atoms with van der Waals surface area (Å²) >= 11 is 5.75. The molecule has 2 N–H and O–H groups in total. The van der Waals surface area contributed by atoms with Crippen LogP contribution in [0.5, 0.6) is 0 Å². The van der Waals surface area contributed by atoms with E-state index in [4.69, 9.17) is 11.6 Å². The quantitative estimate of drug-likeness (QED) is 0.879. The van der Waals surface area contributed by atoms with Crippen molar-refractivity contribution in [2.24, 2.45) is 5.92 Å². The van der Waals surface area contributed by atoms with Gasteiger partial charge in [-0.25, -0.2) is 13.6 Å². The molecule has 2 amide bonds. The lowest BCUT2D eigenvalue weighted by atomic mass is 9.91. The maximum atomic E-state index is 13.7. The van der Waals surface area contributed by atoms with Crippen LogP contribution in [0.2, 0.25) is 5.02 Å². The van der Waals surface area contributed by atoms with E-state index in [1.165, 1.54) is 4.90 Å². The van der Waals surface area contributed by atoms with Crippen LogP contribution in [-0.2, 0) is 0 Å². The van der Waals surface area contributed by atoms with Crippen molar-refractivity contribution in [3.63, 3.8) is 0 Å². The molecule has 2 unspecified atom stereocenters. The van der Waals surface area contributed by atoms with Gasteiger partial charge in [0.1, 0.15) is 5.82 Å². The summed E-state index contributed by atoms with van der Waals surface area (Å²) in [5, 5.41) is 11.6. The average molecular weight is 319 g/mol. The highest BCUT2D eigenvalue weighted by Crippen LogP contribution is 2.28. The minimum absolute atomic E-state index is 0.156. The lowest BCUT2D eigenvalue weighted by molar-refractivity contribution is 0.0811. The minimum atomic E-state index is -0.932. The molecule has 0 radical (unpaired) electrons. The van der Waals surface area contributed by atoms with Crippen LogP contribution in [0, 0.1) is 17.6 Å². The number of aliphatic hydroxyl groups is 1. The van der Waals surface area contributed by atoms with Gasteiger partial charge in [-0.3, -0.25) is 0 Å². The topological polar surface area (TPSA) is 52.6 Å². The SMILES string of the molecule is CC1CCCN(C(=O)Nc2c(F)cc(F)cc2Cl)C1CO. The number of halogens is 3. The van der Waals surface area contributed by atoms with Gasteiger partial charge < -0.3 is 15.3 Å². The van der Waals surface area contributed by atoms with Crippen molar-refractivity contribution in [1.82, 2.24) is 4.90 Å². The number of anilines is 1. The number of piperidine rings is 1. The van der Waals surface area contributed by atoms with E-state index >= 15 is 0 Å². The maximum absolute atomic E-state index is 13.7. The molecule has 0 aromatic heterocycles. The van der Waals surface area contributed by atoms with Crippen LogP contribution in [0.25, 0.3) is 0 Å². The third-order valence-corrected chi connectivity index (χ3v) is 4.10. The predicted octanol–water partition coefficient (Wildman–Crippen LogP) is 3.24. The molecule has 1 aliphatic rings. The Kier molecular flexibility index (Phi) is 5.00. The number of carbonyl (C=O) groups excluding carboxylic acids is 1. The number of urea groups is 1. The number of carbonyl (C=O) groups is 1. The van der Waals surface area contributed by atoms with Crippen LogP contribution in [0.1, 0.15) is 19.8 Å². The van der Waals surface area contributed by atoms with Crippen molar-refractivity contribution in [3.05, 3.63) is 28.8 Å². The van der Waals surface area contributed by atoms with E-state index < -0.39 is 17.7 Å². The fraction of sp³-hybridized carbons (Fsp3) is 0.500. The zero-order valence-corrected chi connectivity index (χ0v) is 12.3. The highest BCUT2D eigenvalue weighted by Gasteiger charge is 2.31. The van der Waals surface area contributed by atoms with Crippen molar-refractivity contribution < 1.29 is 18.7 Å². The van der Waals surface area contributed by atoms with Gasteiger partial charge in [-0.05, 0) is 24.8 Å². The fourth-order valence-corrected chi connectivity index (χ4v) is 2.86. The summed E-state index contributed by atoms with van der Waals surface area (Å²) in [5.41, 5.74) is -0.252. The second-order valence-electron chi connectivity index (χ2n) is 5.24. The fourth-order valence-electron chi connectivity index (χ4n) is 2.62. The van der Waals surface area contributed by atoms with Crippen molar-refractivity contribution in [2.45, 2.75) is 25.8 Å². The largest absolute Gasteiger partial charge is 0.394 e. The highest BCUT2D eigenvalue weighted by atomic mass is 35.5. The number of amides is 2. The van der Waals surface area contributed by atoms with Gasteiger partial charge in [-0.1, -0.05) is 18.5 Å². The van der Waals surface area contributed by atoms with Crippen LogP contribution >= 0.6 is 11.6 Å². The lowest BCUT2D eigenvalue weighted by Gasteiger charge is -2.38. The van der Waals surface area contributed by atoms with Gasteiger partial charge in [0.05, 0.1) is 23.4 Å². The normalized spacial score (nSPS) is 22.2. The number of nitrogens with zero attached hydrogens (tertiary/aromatic N) is 1. The molecule has 2 rings (SSSR count). The Bertz CT molecular complexity index is 519. The average Bonchev–Trinajstić information content (AvgIpc) is 2.42. The first-order valence-electron chi connectivity index (χ1n) is 6.77. The van der Waals surface area contributed by atoms with E-state index in [9.17, 15) is 18.7 Å². The van der Waals surface area contributed by atoms with Crippen LogP contribution in [0.15, 0.2) is 12.1 Å². The van der Waals surface area contributed by atoms with E-state index in [2.05, 4.69) is 5.32 Å². The van der Waals surface area contributed by atoms with Crippen LogP contribution in [0.3, 0.4) is 0 Å². The lowest BCUT2D eigenvalue weighted by Crippen LogP contribution is -2.51. The van der Waals surface area contributed by atoms with Gasteiger partial charge in [0.15, 0.2) is 5.82 Å². The molecule has 1 aromatic rings. The molecule has 1 saturated heterocycles. The molecule has 0 bridgehead atoms. The molecule has 0 saturated carbocycles. The summed E-state index contributed by atoms with van der Waals surface area (Å²) in [5.74, 6) is -1.59. The smallest absolute Gasteiger partial charge is 0.322 e. The Hall–Kier alpha value is -1.40. The molecule has 1 heterocycles. The van der Waals surface area contributed by atoms with Crippen LogP contribution in [0.4, 0.5) is 19.3 Å². The minimum Gasteiger partial charge on any atom is -0.394 e. The van der Waals surface area contributed by atoms with Crippen molar-refractivity contribution >= 4 is 23.3 Å². The number of likely N-dealkylation sites (tertiary alicyclic amines) is 1. The van der Waals surface area contributed by atoms with Gasteiger partial charge >= 0.3 is 6.03 Å². The molecule has 1 fully saturated rings. The van der Waals surface area contributed by atoms with Crippen molar-refractivity contribution in [2.75, 3.05) is 18.5 Å². The van der Waals surface area contributed by atoms with Crippen molar-refractivity contribution in [3.8, 4) is 0 Å². The summed E-state index contributed by atoms with van der Waals surface area (Å²) in [4.78, 5) is 13.7. The Labute approximate surface area is 126 Å². The second-order valence-corrected chi connectivity index (χ2v) is 5.64. The van der Waals surface area contributed by atoms with Crippen LogP contribution < -0.4 is 5.32 Å². The van der Waals surface area contributed by atoms with Gasteiger partial charge in [0, 0.05) is 12.6 Å². The second kappa shape index (κ2) is 6.58. The van der Waals surface area contributed by atoms with E-state index in [0.717, 1.165) is 18.9 Å². The Morgan fingerprint density at radius 3 is 2.86 bits per heavy atom. The number of nitrogens with one attached hydrogen (secondary N) is 1. The summed E-state index contributed by atoms with van der Waals surface area (Å²) in [6.45, 7) is 2.27. The number of hydrogen-bond acceptors (Lipinski definition) is 2. The Morgan fingerprint density at radius 1 is 1.52 bits per heavy atom. The first-order chi connectivity index (χ1) is 9.93. The molecular formula is C14H17ClF2N2O2. The number of benzene rings is 1. The van der Waals surface area contributed by atoms with E-state index in [1.54, 1.807) is 0 Å². The first kappa shape index (κ1) is 16.0. The van der Waals surface area contributed by atoms with Gasteiger partial charge in [0.25, 0.3) is 0 Å². The monoisotopic (exact) mass is 318 g/mol. The number of rotatable bonds is 2. The molecular weight excluding hydrogens is 302 g/mol. The molecule has 2 atom stereocenters. The molecule has 116 valence electrons. The van der Waals surface area contributed by atoms with Crippen molar-refractivity contribution in [1.29, 1.82) is 0 Å². The molecule has 0 spiro atoms. The number of aliphatic hydroxyl groups excluding tert-OH is 1. The Balaban J connectivity index is 2.18. The van der Waals surface area contributed by atoms with Gasteiger partial charge in [0.2, 0.25) is 0 Å². The zero-order chi connectivity index (χ0) is 15.6. The van der Waals surface area contributed by atoms with Gasteiger partial charge in [-0.15, -0.1) is 0 Å². The zero-order valence-electron chi connectivity index (χ0n) is 11.6. The molecule has 0 aliphatic carbocycles. The molecule has 7 heteroatoms. The van der Waals surface area contributed by atoms with E-state index in [0.29, 0.717) is 12.6 Å². The molecule has 1 aromatic carbocycles. The van der Waals surface area contributed by atoms with Crippen LogP contribution in [-0.4, -0.2) is 35.2 Å². The molecule has 1 aliphatic heterocycles. The first-order valence-corrected chi connectivity index (χ1v) is 7.15. The number of hydrogen-bond donors (Lipinski definition) is 2. The third-order valence-electron chi connectivity index (χ3n) is 3.80.